The summed E-state index contributed by atoms with van der Waals surface area (Å²) in [6.07, 6.45) is -0.329. The summed E-state index contributed by atoms with van der Waals surface area (Å²) < 4.78 is 5.42. The molecule has 2 aromatic carbocycles. The van der Waals surface area contributed by atoms with Gasteiger partial charge in [-0.15, -0.1) is 0 Å². The lowest BCUT2D eigenvalue weighted by Crippen LogP contribution is -2.49. The number of thioether (sulfide) groups is 1. The molecule has 2 aliphatic heterocycles. The second-order valence-corrected chi connectivity index (χ2v) is 8.19. The average Bonchev–Trinajstić information content (AvgIpc) is 3.24. The SMILES string of the molecule is CCOc1ccc(NC(=O)CSC2=NC3NNCC3C(=O)N2c2ccccc2C)cc1. The van der Waals surface area contributed by atoms with Gasteiger partial charge in [0.25, 0.3) is 0 Å². The highest BCUT2D eigenvalue weighted by molar-refractivity contribution is 8.14. The van der Waals surface area contributed by atoms with Crippen LogP contribution in [0.2, 0.25) is 0 Å². The number of hydrogen-bond donors (Lipinski definition) is 3. The molecule has 2 atom stereocenters. The molecule has 3 N–H and O–H groups in total. The van der Waals surface area contributed by atoms with E-state index in [0.29, 0.717) is 24.0 Å². The molecule has 162 valence electrons. The molecule has 9 heteroatoms. The van der Waals surface area contributed by atoms with Gasteiger partial charge in [-0.1, -0.05) is 30.0 Å². The van der Waals surface area contributed by atoms with E-state index in [0.717, 1.165) is 17.0 Å². The highest BCUT2D eigenvalue weighted by atomic mass is 32.2. The van der Waals surface area contributed by atoms with Crippen LogP contribution in [0.15, 0.2) is 53.5 Å². The first-order valence-corrected chi connectivity index (χ1v) is 11.2. The third kappa shape index (κ3) is 4.73. The van der Waals surface area contributed by atoms with Gasteiger partial charge in [0.2, 0.25) is 11.8 Å². The molecular weight excluding hydrogens is 414 g/mol. The Kier molecular flexibility index (Phi) is 6.55. The molecule has 2 aromatic rings. The topological polar surface area (TPSA) is 95.1 Å². The van der Waals surface area contributed by atoms with Crippen LogP contribution in [0.25, 0.3) is 0 Å². The van der Waals surface area contributed by atoms with Gasteiger partial charge < -0.3 is 10.1 Å². The number of fused-ring (bicyclic) bond motifs is 1. The number of nitrogens with one attached hydrogen (secondary N) is 3. The highest BCUT2D eigenvalue weighted by Crippen LogP contribution is 2.31. The summed E-state index contributed by atoms with van der Waals surface area (Å²) >= 11 is 1.25. The summed E-state index contributed by atoms with van der Waals surface area (Å²) in [5.41, 5.74) is 8.50. The van der Waals surface area contributed by atoms with Crippen molar-refractivity contribution in [3.05, 3.63) is 54.1 Å². The molecule has 2 unspecified atom stereocenters. The van der Waals surface area contributed by atoms with E-state index in [9.17, 15) is 9.59 Å². The Bertz CT molecular complexity index is 995. The van der Waals surface area contributed by atoms with Gasteiger partial charge in [-0.3, -0.25) is 19.9 Å². The van der Waals surface area contributed by atoms with Crippen molar-refractivity contribution in [2.75, 3.05) is 29.1 Å². The quantitative estimate of drug-likeness (QED) is 0.640. The summed E-state index contributed by atoms with van der Waals surface area (Å²) in [4.78, 5) is 32.1. The normalized spacial score (nSPS) is 20.3. The number of benzene rings is 2. The van der Waals surface area contributed by atoms with Crippen molar-refractivity contribution >= 4 is 40.1 Å². The van der Waals surface area contributed by atoms with Crippen LogP contribution < -0.4 is 25.8 Å². The van der Waals surface area contributed by atoms with Crippen molar-refractivity contribution in [2.45, 2.75) is 20.0 Å². The van der Waals surface area contributed by atoms with E-state index in [1.54, 1.807) is 17.0 Å². The number of ether oxygens (including phenoxy) is 1. The highest BCUT2D eigenvalue weighted by Gasteiger charge is 2.42. The van der Waals surface area contributed by atoms with E-state index in [1.807, 2.05) is 50.2 Å². The van der Waals surface area contributed by atoms with Crippen molar-refractivity contribution in [3.8, 4) is 5.75 Å². The molecule has 31 heavy (non-hydrogen) atoms. The summed E-state index contributed by atoms with van der Waals surface area (Å²) in [6, 6.07) is 14.9. The van der Waals surface area contributed by atoms with Crippen LogP contribution in [-0.4, -0.2) is 42.1 Å². The number of carbonyl (C=O) groups is 2. The smallest absolute Gasteiger partial charge is 0.241 e. The molecule has 8 nitrogen and oxygen atoms in total. The second kappa shape index (κ2) is 9.51. The Morgan fingerprint density at radius 2 is 2.03 bits per heavy atom. The minimum absolute atomic E-state index is 0.0266. The van der Waals surface area contributed by atoms with Gasteiger partial charge in [-0.2, -0.15) is 0 Å². The molecule has 2 aliphatic rings. The molecule has 1 saturated heterocycles. The van der Waals surface area contributed by atoms with E-state index in [-0.39, 0.29) is 29.7 Å². The third-order valence-electron chi connectivity index (χ3n) is 5.07. The molecular formula is C22H25N5O3S. The van der Waals surface area contributed by atoms with Crippen molar-refractivity contribution in [3.63, 3.8) is 0 Å². The van der Waals surface area contributed by atoms with Crippen LogP contribution in [-0.2, 0) is 9.59 Å². The lowest BCUT2D eigenvalue weighted by atomic mass is 10.0. The summed E-state index contributed by atoms with van der Waals surface area (Å²) in [6.45, 7) is 4.99. The number of aryl methyl sites for hydroxylation is 1. The van der Waals surface area contributed by atoms with E-state index >= 15 is 0 Å². The summed E-state index contributed by atoms with van der Waals surface area (Å²) in [7, 11) is 0. The molecule has 0 radical (unpaired) electrons. The number of nitrogens with zero attached hydrogens (tertiary/aromatic N) is 2. The van der Waals surface area contributed by atoms with Gasteiger partial charge in [0.15, 0.2) is 5.17 Å². The number of anilines is 2. The van der Waals surface area contributed by atoms with Gasteiger partial charge >= 0.3 is 0 Å². The van der Waals surface area contributed by atoms with Gasteiger partial charge in [-0.25, -0.2) is 10.4 Å². The standard InChI is InChI=1S/C22H25N5O3S/c1-3-30-16-10-8-15(9-11-16)24-19(28)13-31-22-25-20-17(12-23-26-20)21(29)27(22)18-7-5-4-6-14(18)2/h4-11,17,20,23,26H,3,12-13H2,1-2H3,(H,24,28). The Morgan fingerprint density at radius 3 is 2.77 bits per heavy atom. The first kappa shape index (κ1) is 21.4. The van der Waals surface area contributed by atoms with Crippen LogP contribution in [0.4, 0.5) is 11.4 Å². The Hall–Kier alpha value is -2.88. The zero-order chi connectivity index (χ0) is 21.8. The largest absolute Gasteiger partial charge is 0.494 e. The average molecular weight is 440 g/mol. The maximum atomic E-state index is 13.2. The van der Waals surface area contributed by atoms with Crippen LogP contribution in [0.5, 0.6) is 5.75 Å². The van der Waals surface area contributed by atoms with Gasteiger partial charge in [0, 0.05) is 12.2 Å². The van der Waals surface area contributed by atoms with Crippen LogP contribution in [0, 0.1) is 12.8 Å². The second-order valence-electron chi connectivity index (χ2n) is 7.24. The molecule has 2 amide bonds. The molecule has 0 aromatic heterocycles. The van der Waals surface area contributed by atoms with Gasteiger partial charge in [0.05, 0.1) is 24.0 Å². The first-order valence-electron chi connectivity index (χ1n) is 10.2. The summed E-state index contributed by atoms with van der Waals surface area (Å²) in [5, 5.41) is 3.39. The minimum atomic E-state index is -0.329. The number of para-hydroxylation sites is 1. The monoisotopic (exact) mass is 439 g/mol. The zero-order valence-corrected chi connectivity index (χ0v) is 18.2. The van der Waals surface area contributed by atoms with Crippen molar-refractivity contribution in [1.29, 1.82) is 0 Å². The van der Waals surface area contributed by atoms with Crippen molar-refractivity contribution in [1.82, 2.24) is 10.9 Å². The molecule has 0 saturated carbocycles. The fourth-order valence-electron chi connectivity index (χ4n) is 3.53. The molecule has 2 heterocycles. The number of aliphatic imine (C=N–C) groups is 1. The zero-order valence-electron chi connectivity index (χ0n) is 17.4. The predicted octanol–water partition coefficient (Wildman–Crippen LogP) is 2.52. The maximum absolute atomic E-state index is 13.2. The molecule has 1 fully saturated rings. The fraction of sp³-hybridized carbons (Fsp3) is 0.318. The fourth-order valence-corrected chi connectivity index (χ4v) is 4.37. The predicted molar refractivity (Wildman–Crippen MR) is 123 cm³/mol. The number of carbonyl (C=O) groups excluding carboxylic acids is 2. The Morgan fingerprint density at radius 1 is 1.26 bits per heavy atom. The van der Waals surface area contributed by atoms with Crippen LogP contribution in [0.1, 0.15) is 12.5 Å². The van der Waals surface area contributed by atoms with Crippen LogP contribution >= 0.6 is 11.8 Å². The molecule has 0 spiro atoms. The van der Waals surface area contributed by atoms with E-state index in [2.05, 4.69) is 16.2 Å². The van der Waals surface area contributed by atoms with E-state index in [4.69, 9.17) is 9.73 Å². The number of rotatable bonds is 6. The van der Waals surface area contributed by atoms with E-state index < -0.39 is 0 Å². The third-order valence-corrected chi connectivity index (χ3v) is 6.02. The Balaban J connectivity index is 1.47. The Labute approximate surface area is 185 Å². The minimum Gasteiger partial charge on any atom is -0.494 e. The maximum Gasteiger partial charge on any atom is 0.241 e. The first-order chi connectivity index (χ1) is 15.1. The number of hydrogen-bond acceptors (Lipinski definition) is 7. The molecule has 0 aliphatic carbocycles. The number of amidine groups is 1. The van der Waals surface area contributed by atoms with Gasteiger partial charge in [-0.05, 0) is 49.7 Å². The lowest BCUT2D eigenvalue weighted by Gasteiger charge is -2.33. The number of hydrazine groups is 1. The number of amides is 2. The van der Waals surface area contributed by atoms with Crippen molar-refractivity contribution < 1.29 is 14.3 Å². The lowest BCUT2D eigenvalue weighted by molar-refractivity contribution is -0.121. The van der Waals surface area contributed by atoms with E-state index in [1.165, 1.54) is 11.8 Å². The molecule has 0 bridgehead atoms. The molecule has 4 rings (SSSR count). The van der Waals surface area contributed by atoms with Crippen LogP contribution in [0.3, 0.4) is 0 Å². The summed E-state index contributed by atoms with van der Waals surface area (Å²) in [5.74, 6) is 0.412. The van der Waals surface area contributed by atoms with Gasteiger partial charge in [0.1, 0.15) is 11.9 Å². The van der Waals surface area contributed by atoms with Crippen molar-refractivity contribution in [2.24, 2.45) is 10.9 Å².